The van der Waals surface area contributed by atoms with Gasteiger partial charge < -0.3 is 20.7 Å². The van der Waals surface area contributed by atoms with E-state index in [-0.39, 0.29) is 12.0 Å². The van der Waals surface area contributed by atoms with Gasteiger partial charge in [-0.05, 0) is 56.3 Å². The van der Waals surface area contributed by atoms with E-state index in [0.717, 1.165) is 18.6 Å². The maximum absolute atomic E-state index is 12.4. The topological polar surface area (TPSA) is 80.5 Å². The Morgan fingerprint density at radius 3 is 2.56 bits per heavy atom. The van der Waals surface area contributed by atoms with Crippen molar-refractivity contribution in [1.82, 2.24) is 9.88 Å². The Hall–Kier alpha value is -2.60. The normalized spacial score (nSPS) is 22.7. The molecule has 0 atom stereocenters. The number of anilines is 2. The third-order valence-corrected chi connectivity index (χ3v) is 5.50. The van der Waals surface area contributed by atoms with Crippen LogP contribution in [0.15, 0.2) is 42.7 Å². The van der Waals surface area contributed by atoms with Gasteiger partial charge >= 0.3 is 0 Å². The predicted octanol–water partition coefficient (Wildman–Crippen LogP) is 3.31. The Bertz CT molecular complexity index is 781. The summed E-state index contributed by atoms with van der Waals surface area (Å²) in [5.74, 6) is 0.616. The summed E-state index contributed by atoms with van der Waals surface area (Å²) in [6.45, 7) is 2.48. The molecule has 2 aromatic rings. The molecule has 1 amide bonds. The first-order chi connectivity index (χ1) is 13.2. The molecule has 0 bridgehead atoms. The molecule has 2 aliphatic rings. The summed E-state index contributed by atoms with van der Waals surface area (Å²) in [4.78, 5) is 18.9. The van der Waals surface area contributed by atoms with Crippen LogP contribution in [0.1, 0.15) is 42.5 Å². The number of ether oxygens (including phenoxy) is 1. The highest BCUT2D eigenvalue weighted by Gasteiger charge is 2.35. The molecule has 1 aromatic heterocycles. The summed E-state index contributed by atoms with van der Waals surface area (Å²) in [5.41, 5.74) is 7.39. The van der Waals surface area contributed by atoms with Crippen LogP contribution in [0.3, 0.4) is 0 Å². The summed E-state index contributed by atoms with van der Waals surface area (Å²) in [6.07, 6.45) is 9.63. The van der Waals surface area contributed by atoms with Gasteiger partial charge in [0.15, 0.2) is 0 Å². The average Bonchev–Trinajstić information content (AvgIpc) is 2.67. The first-order valence-corrected chi connectivity index (χ1v) is 9.70. The molecule has 6 heteroatoms. The summed E-state index contributed by atoms with van der Waals surface area (Å²) < 4.78 is 6.06. The molecule has 1 saturated carbocycles. The van der Waals surface area contributed by atoms with Crippen LogP contribution < -0.4 is 15.8 Å². The van der Waals surface area contributed by atoms with Gasteiger partial charge in [-0.15, -0.1) is 0 Å². The number of hydrogen-bond acceptors (Lipinski definition) is 5. The van der Waals surface area contributed by atoms with E-state index in [1.54, 1.807) is 24.4 Å². The fourth-order valence-corrected chi connectivity index (χ4v) is 3.81. The van der Waals surface area contributed by atoms with Crippen LogP contribution in [-0.2, 0) is 0 Å². The lowest BCUT2D eigenvalue weighted by molar-refractivity contribution is 0.00892. The van der Waals surface area contributed by atoms with E-state index < -0.39 is 0 Å². The summed E-state index contributed by atoms with van der Waals surface area (Å²) in [5, 5.41) is 2.80. The number of hydrogen-bond donors (Lipinski definition) is 2. The number of nitrogens with two attached hydrogens (primary N) is 1. The highest BCUT2D eigenvalue weighted by Crippen LogP contribution is 2.31. The van der Waals surface area contributed by atoms with Crippen molar-refractivity contribution in [3.63, 3.8) is 0 Å². The predicted molar refractivity (Wildman–Crippen MR) is 106 cm³/mol. The van der Waals surface area contributed by atoms with Crippen molar-refractivity contribution >= 4 is 17.3 Å². The van der Waals surface area contributed by atoms with E-state index in [2.05, 4.69) is 15.2 Å². The number of nitrogens with one attached hydrogen (secondary N) is 1. The van der Waals surface area contributed by atoms with Crippen LogP contribution in [0.2, 0.25) is 0 Å². The van der Waals surface area contributed by atoms with Crippen molar-refractivity contribution in [1.29, 1.82) is 0 Å². The van der Waals surface area contributed by atoms with Gasteiger partial charge in [0.05, 0.1) is 17.6 Å². The van der Waals surface area contributed by atoms with Crippen molar-refractivity contribution in [2.75, 3.05) is 24.1 Å². The number of likely N-dealkylation sites (tertiary alicyclic amines) is 1. The SMILES string of the molecule is Nc1cnccc1NC(=O)c1ccc(O[C@H]2C[C@H](N3CCCCC3)C2)cc1. The molecule has 2 fully saturated rings. The van der Waals surface area contributed by atoms with E-state index in [4.69, 9.17) is 10.5 Å². The maximum atomic E-state index is 12.4. The Balaban J connectivity index is 1.28. The number of rotatable bonds is 5. The highest BCUT2D eigenvalue weighted by molar-refractivity contribution is 6.05. The molecule has 4 rings (SSSR count). The molecule has 1 aromatic carbocycles. The Morgan fingerprint density at radius 2 is 1.85 bits per heavy atom. The second-order valence-electron chi connectivity index (χ2n) is 7.40. The lowest BCUT2D eigenvalue weighted by atomic mass is 9.86. The smallest absolute Gasteiger partial charge is 0.255 e. The molecule has 1 aliphatic heterocycles. The molecular weight excluding hydrogens is 340 g/mol. The van der Waals surface area contributed by atoms with E-state index in [1.807, 2.05) is 12.1 Å². The lowest BCUT2D eigenvalue weighted by Gasteiger charge is -2.44. The zero-order valence-electron chi connectivity index (χ0n) is 15.4. The second kappa shape index (κ2) is 7.96. The van der Waals surface area contributed by atoms with E-state index in [9.17, 15) is 4.79 Å². The first kappa shape index (κ1) is 17.8. The van der Waals surface area contributed by atoms with Crippen molar-refractivity contribution < 1.29 is 9.53 Å². The van der Waals surface area contributed by atoms with E-state index in [0.29, 0.717) is 23.0 Å². The fourth-order valence-electron chi connectivity index (χ4n) is 3.81. The molecule has 0 unspecified atom stereocenters. The number of nitrogen functional groups attached to an aromatic ring is 1. The quantitative estimate of drug-likeness (QED) is 0.848. The van der Waals surface area contributed by atoms with Crippen LogP contribution in [-0.4, -0.2) is 41.0 Å². The Kier molecular flexibility index (Phi) is 5.25. The molecule has 0 radical (unpaired) electrons. The lowest BCUT2D eigenvalue weighted by Crippen LogP contribution is -2.50. The number of pyridine rings is 1. The number of aromatic nitrogens is 1. The fraction of sp³-hybridized carbons (Fsp3) is 0.429. The van der Waals surface area contributed by atoms with Gasteiger partial charge in [0, 0.05) is 30.6 Å². The first-order valence-electron chi connectivity index (χ1n) is 9.70. The van der Waals surface area contributed by atoms with Gasteiger partial charge in [0.2, 0.25) is 0 Å². The standard InChI is InChI=1S/C21H26N4O2/c22-19-14-23-9-8-20(19)24-21(26)15-4-6-17(7-5-15)27-18-12-16(13-18)25-10-2-1-3-11-25/h4-9,14,16,18H,1-3,10-13,22H2,(H,23,24,26)/t16-,18-. The molecule has 1 aliphatic carbocycles. The molecule has 3 N–H and O–H groups in total. The van der Waals surface area contributed by atoms with Crippen LogP contribution in [0.5, 0.6) is 5.75 Å². The number of benzene rings is 1. The maximum Gasteiger partial charge on any atom is 0.255 e. The van der Waals surface area contributed by atoms with Gasteiger partial charge in [-0.3, -0.25) is 9.78 Å². The Morgan fingerprint density at radius 1 is 1.11 bits per heavy atom. The van der Waals surface area contributed by atoms with E-state index >= 15 is 0 Å². The highest BCUT2D eigenvalue weighted by atomic mass is 16.5. The third kappa shape index (κ3) is 4.22. The number of amides is 1. The summed E-state index contributed by atoms with van der Waals surface area (Å²) in [6, 6.07) is 9.65. The zero-order chi connectivity index (χ0) is 18.6. The molecular formula is C21H26N4O2. The van der Waals surface area contributed by atoms with Gasteiger partial charge in [-0.25, -0.2) is 0 Å². The minimum absolute atomic E-state index is 0.201. The van der Waals surface area contributed by atoms with Crippen LogP contribution in [0.4, 0.5) is 11.4 Å². The van der Waals surface area contributed by atoms with Gasteiger partial charge in [-0.2, -0.15) is 0 Å². The van der Waals surface area contributed by atoms with Crippen LogP contribution in [0, 0.1) is 0 Å². The average molecular weight is 366 g/mol. The number of carbonyl (C=O) groups excluding carboxylic acids is 1. The molecule has 6 nitrogen and oxygen atoms in total. The molecule has 142 valence electrons. The molecule has 2 heterocycles. The van der Waals surface area contributed by atoms with Gasteiger partial charge in [0.1, 0.15) is 11.9 Å². The van der Waals surface area contributed by atoms with E-state index in [1.165, 1.54) is 38.5 Å². The van der Waals surface area contributed by atoms with Crippen LogP contribution >= 0.6 is 0 Å². The number of nitrogens with zero attached hydrogens (tertiary/aromatic N) is 2. The molecule has 0 spiro atoms. The zero-order valence-corrected chi connectivity index (χ0v) is 15.4. The van der Waals surface area contributed by atoms with Gasteiger partial charge in [-0.1, -0.05) is 6.42 Å². The number of carbonyl (C=O) groups is 1. The van der Waals surface area contributed by atoms with Crippen LogP contribution in [0.25, 0.3) is 0 Å². The molecule has 27 heavy (non-hydrogen) atoms. The van der Waals surface area contributed by atoms with Crippen molar-refractivity contribution in [3.8, 4) is 5.75 Å². The van der Waals surface area contributed by atoms with Crippen molar-refractivity contribution in [2.24, 2.45) is 0 Å². The van der Waals surface area contributed by atoms with Gasteiger partial charge in [0.25, 0.3) is 5.91 Å². The van der Waals surface area contributed by atoms with Crippen molar-refractivity contribution in [3.05, 3.63) is 48.3 Å². The minimum Gasteiger partial charge on any atom is -0.490 e. The summed E-state index contributed by atoms with van der Waals surface area (Å²) in [7, 11) is 0. The second-order valence-corrected chi connectivity index (χ2v) is 7.40. The monoisotopic (exact) mass is 366 g/mol. The number of piperidine rings is 1. The summed E-state index contributed by atoms with van der Waals surface area (Å²) >= 11 is 0. The third-order valence-electron chi connectivity index (χ3n) is 5.50. The molecule has 1 saturated heterocycles. The largest absolute Gasteiger partial charge is 0.490 e. The Labute approximate surface area is 159 Å². The minimum atomic E-state index is -0.201. The van der Waals surface area contributed by atoms with Crippen molar-refractivity contribution in [2.45, 2.75) is 44.2 Å².